The Labute approximate surface area is 75.2 Å². The van der Waals surface area contributed by atoms with E-state index in [4.69, 9.17) is 0 Å². The van der Waals surface area contributed by atoms with Crippen LogP contribution >= 0.6 is 11.3 Å². The summed E-state index contributed by atoms with van der Waals surface area (Å²) in [6.45, 7) is -0.00181. The highest BCUT2D eigenvalue weighted by Gasteiger charge is 2.12. The Morgan fingerprint density at radius 2 is 2.42 bits per heavy atom. The lowest BCUT2D eigenvalue weighted by Crippen LogP contribution is -2.25. The summed E-state index contributed by atoms with van der Waals surface area (Å²) in [6.07, 6.45) is 0. The van der Waals surface area contributed by atoms with Crippen molar-refractivity contribution in [2.45, 2.75) is 4.90 Å². The third-order valence-electron chi connectivity index (χ3n) is 1.20. The molecule has 0 amide bonds. The second-order valence-electron chi connectivity index (χ2n) is 2.04. The van der Waals surface area contributed by atoms with E-state index in [1.807, 2.05) is 0 Å². The van der Waals surface area contributed by atoms with E-state index < -0.39 is 10.0 Å². The van der Waals surface area contributed by atoms with Gasteiger partial charge in [0.1, 0.15) is 6.73 Å². The maximum Gasteiger partial charge on any atom is 0.243 e. The lowest BCUT2D eigenvalue weighted by Gasteiger charge is -2.01. The van der Waals surface area contributed by atoms with Crippen LogP contribution in [0.25, 0.3) is 0 Å². The molecule has 0 radical (unpaired) electrons. The Balaban J connectivity index is 2.74. The van der Waals surface area contributed by atoms with E-state index in [0.717, 1.165) is 0 Å². The van der Waals surface area contributed by atoms with Gasteiger partial charge in [0.25, 0.3) is 0 Å². The number of hydrogen-bond acceptors (Lipinski definition) is 4. The predicted octanol–water partition coefficient (Wildman–Crippen LogP) is 0.630. The summed E-state index contributed by atoms with van der Waals surface area (Å²) in [5, 5.41) is 3.28. The van der Waals surface area contributed by atoms with Crippen LogP contribution in [-0.2, 0) is 14.8 Å². The van der Waals surface area contributed by atoms with Crippen molar-refractivity contribution in [3.63, 3.8) is 0 Å². The zero-order valence-corrected chi connectivity index (χ0v) is 8.11. The number of methoxy groups -OCH3 is 1. The van der Waals surface area contributed by atoms with E-state index in [2.05, 4.69) is 9.46 Å². The first-order chi connectivity index (χ1) is 5.67. The van der Waals surface area contributed by atoms with Crippen molar-refractivity contribution >= 4 is 21.4 Å². The molecule has 0 fully saturated rings. The lowest BCUT2D eigenvalue weighted by atomic mass is 10.7. The zero-order valence-electron chi connectivity index (χ0n) is 6.48. The standard InChI is InChI=1S/C6H9NO3S2/c1-10-5-7-12(8,9)6-2-3-11-4-6/h2-4,7H,5H2,1H3. The molecule has 0 atom stereocenters. The molecule has 0 bridgehead atoms. The maximum atomic E-state index is 11.3. The third-order valence-corrected chi connectivity index (χ3v) is 3.40. The van der Waals surface area contributed by atoms with Gasteiger partial charge in [-0.05, 0) is 11.4 Å². The molecular formula is C6H9NO3S2. The Hall–Kier alpha value is -0.430. The Bertz CT molecular complexity index is 317. The lowest BCUT2D eigenvalue weighted by molar-refractivity contribution is 0.194. The molecule has 0 aliphatic carbocycles. The van der Waals surface area contributed by atoms with Gasteiger partial charge in [0.2, 0.25) is 10.0 Å². The van der Waals surface area contributed by atoms with Crippen LogP contribution in [0, 0.1) is 0 Å². The second-order valence-corrected chi connectivity index (χ2v) is 4.59. The van der Waals surface area contributed by atoms with Crippen LogP contribution in [0.2, 0.25) is 0 Å². The summed E-state index contributed by atoms with van der Waals surface area (Å²) in [5.41, 5.74) is 0. The molecule has 4 nitrogen and oxygen atoms in total. The number of rotatable bonds is 4. The van der Waals surface area contributed by atoms with Gasteiger partial charge < -0.3 is 4.74 Å². The van der Waals surface area contributed by atoms with Crippen molar-refractivity contribution < 1.29 is 13.2 Å². The summed E-state index contributed by atoms with van der Waals surface area (Å²) in [5.74, 6) is 0. The van der Waals surface area contributed by atoms with E-state index in [-0.39, 0.29) is 11.6 Å². The van der Waals surface area contributed by atoms with Gasteiger partial charge in [-0.2, -0.15) is 16.1 Å². The topological polar surface area (TPSA) is 55.4 Å². The van der Waals surface area contributed by atoms with Crippen molar-refractivity contribution in [3.05, 3.63) is 16.8 Å². The number of nitrogens with one attached hydrogen (secondary N) is 1. The van der Waals surface area contributed by atoms with Crippen molar-refractivity contribution in [1.82, 2.24) is 4.72 Å². The molecule has 68 valence electrons. The summed E-state index contributed by atoms with van der Waals surface area (Å²) < 4.78 is 29.4. The summed E-state index contributed by atoms with van der Waals surface area (Å²) in [7, 11) is -1.92. The normalized spacial score (nSPS) is 11.8. The molecular weight excluding hydrogens is 198 g/mol. The first-order valence-corrected chi connectivity index (χ1v) is 5.60. The fraction of sp³-hybridized carbons (Fsp3) is 0.333. The average molecular weight is 207 g/mol. The number of hydrogen-bond donors (Lipinski definition) is 1. The van der Waals surface area contributed by atoms with Crippen LogP contribution in [0.4, 0.5) is 0 Å². The molecule has 0 aromatic carbocycles. The van der Waals surface area contributed by atoms with Crippen molar-refractivity contribution in [3.8, 4) is 0 Å². The van der Waals surface area contributed by atoms with Gasteiger partial charge in [0.05, 0.1) is 4.90 Å². The SMILES string of the molecule is COCNS(=O)(=O)c1ccsc1. The quantitative estimate of drug-likeness (QED) is 0.737. The largest absolute Gasteiger partial charge is 0.369 e. The minimum atomic E-state index is -3.34. The van der Waals surface area contributed by atoms with Gasteiger partial charge in [-0.25, -0.2) is 8.42 Å². The molecule has 0 saturated carbocycles. The third kappa shape index (κ3) is 2.28. The van der Waals surface area contributed by atoms with Crippen LogP contribution in [-0.4, -0.2) is 22.3 Å². The molecule has 1 rings (SSSR count). The predicted molar refractivity (Wildman–Crippen MR) is 46.5 cm³/mol. The number of ether oxygens (including phenoxy) is 1. The van der Waals surface area contributed by atoms with E-state index in [1.165, 1.54) is 18.4 Å². The first kappa shape index (κ1) is 9.66. The molecule has 12 heavy (non-hydrogen) atoms. The fourth-order valence-corrected chi connectivity index (χ4v) is 2.59. The minimum absolute atomic E-state index is 0.00181. The molecule has 6 heteroatoms. The van der Waals surface area contributed by atoms with E-state index in [1.54, 1.807) is 16.8 Å². The maximum absolute atomic E-state index is 11.3. The Morgan fingerprint density at radius 3 is 2.92 bits per heavy atom. The molecule has 0 saturated heterocycles. The van der Waals surface area contributed by atoms with E-state index in [9.17, 15) is 8.42 Å². The summed E-state index contributed by atoms with van der Waals surface area (Å²) >= 11 is 1.34. The van der Waals surface area contributed by atoms with Crippen molar-refractivity contribution in [2.75, 3.05) is 13.8 Å². The summed E-state index contributed by atoms with van der Waals surface area (Å²) in [6, 6.07) is 1.54. The van der Waals surface area contributed by atoms with Crippen LogP contribution in [0.1, 0.15) is 0 Å². The highest BCUT2D eigenvalue weighted by Crippen LogP contribution is 2.11. The zero-order chi connectivity index (χ0) is 9.03. The Morgan fingerprint density at radius 1 is 1.67 bits per heavy atom. The molecule has 1 N–H and O–H groups in total. The highest BCUT2D eigenvalue weighted by atomic mass is 32.2. The van der Waals surface area contributed by atoms with Crippen LogP contribution in [0.3, 0.4) is 0 Å². The van der Waals surface area contributed by atoms with Gasteiger partial charge in [-0.3, -0.25) is 0 Å². The van der Waals surface area contributed by atoms with Gasteiger partial charge in [-0.15, -0.1) is 0 Å². The molecule has 0 aliphatic rings. The van der Waals surface area contributed by atoms with Gasteiger partial charge >= 0.3 is 0 Å². The van der Waals surface area contributed by atoms with Gasteiger partial charge in [0, 0.05) is 12.5 Å². The first-order valence-electron chi connectivity index (χ1n) is 3.17. The van der Waals surface area contributed by atoms with Gasteiger partial charge in [-0.1, -0.05) is 0 Å². The second kappa shape index (κ2) is 3.99. The minimum Gasteiger partial charge on any atom is -0.369 e. The van der Waals surface area contributed by atoms with Gasteiger partial charge in [0.15, 0.2) is 0 Å². The van der Waals surface area contributed by atoms with Crippen molar-refractivity contribution in [1.29, 1.82) is 0 Å². The van der Waals surface area contributed by atoms with Crippen LogP contribution < -0.4 is 4.72 Å². The van der Waals surface area contributed by atoms with Crippen molar-refractivity contribution in [2.24, 2.45) is 0 Å². The molecule has 1 aromatic rings. The number of sulfonamides is 1. The molecule has 1 heterocycles. The smallest absolute Gasteiger partial charge is 0.243 e. The monoisotopic (exact) mass is 207 g/mol. The van der Waals surface area contributed by atoms with E-state index in [0.29, 0.717) is 0 Å². The molecule has 0 unspecified atom stereocenters. The van der Waals surface area contributed by atoms with Crippen LogP contribution in [0.15, 0.2) is 21.7 Å². The Kier molecular flexibility index (Phi) is 3.21. The highest BCUT2D eigenvalue weighted by molar-refractivity contribution is 7.89. The fourth-order valence-electron chi connectivity index (χ4n) is 0.625. The summed E-state index contributed by atoms with van der Waals surface area (Å²) in [4.78, 5) is 0.282. The number of thiophene rings is 1. The molecule has 1 aromatic heterocycles. The molecule has 0 spiro atoms. The average Bonchev–Trinajstić information content (AvgIpc) is 2.53. The molecule has 0 aliphatic heterocycles. The van der Waals surface area contributed by atoms with E-state index >= 15 is 0 Å². The van der Waals surface area contributed by atoms with Crippen LogP contribution in [0.5, 0.6) is 0 Å².